The number of anilines is 1. The number of nitrogens with zero attached hydrogens (tertiary/aromatic N) is 2. The van der Waals surface area contributed by atoms with E-state index in [4.69, 9.17) is 9.52 Å². The minimum Gasteiger partial charge on any atom is -0.476 e. The second kappa shape index (κ2) is 5.18. The normalized spacial score (nSPS) is 21.4. The molecular formula is C11H17N3O3. The smallest absolute Gasteiger partial charge is 0.357 e. The number of aromatic nitrogens is 1. The van der Waals surface area contributed by atoms with Crippen molar-refractivity contribution in [1.82, 2.24) is 9.88 Å². The fourth-order valence-electron chi connectivity index (χ4n) is 2.06. The summed E-state index contributed by atoms with van der Waals surface area (Å²) >= 11 is 0. The molecule has 1 aliphatic heterocycles. The maximum absolute atomic E-state index is 10.6. The number of likely N-dealkylation sites (tertiary alicyclic amines) is 1. The van der Waals surface area contributed by atoms with E-state index in [9.17, 15) is 4.79 Å². The van der Waals surface area contributed by atoms with Crippen molar-refractivity contribution >= 4 is 12.0 Å². The Labute approximate surface area is 99.6 Å². The van der Waals surface area contributed by atoms with Crippen molar-refractivity contribution in [2.45, 2.75) is 25.3 Å². The molecule has 1 aliphatic rings. The Morgan fingerprint density at radius 3 is 3.18 bits per heavy atom. The molecule has 2 N–H and O–H groups in total. The molecule has 0 aliphatic carbocycles. The number of hydrogen-bond donors (Lipinski definition) is 2. The number of oxazole rings is 1. The largest absolute Gasteiger partial charge is 0.476 e. The van der Waals surface area contributed by atoms with E-state index in [1.807, 2.05) is 0 Å². The maximum atomic E-state index is 10.6. The Kier molecular flexibility index (Phi) is 3.63. The van der Waals surface area contributed by atoms with Crippen LogP contribution in [0.2, 0.25) is 0 Å². The van der Waals surface area contributed by atoms with Gasteiger partial charge in [-0.15, -0.1) is 0 Å². The van der Waals surface area contributed by atoms with Crippen molar-refractivity contribution in [3.8, 4) is 0 Å². The maximum Gasteiger partial charge on any atom is 0.357 e. The van der Waals surface area contributed by atoms with Gasteiger partial charge in [0.25, 0.3) is 6.01 Å². The second-order valence-electron chi connectivity index (χ2n) is 4.35. The molecule has 0 radical (unpaired) electrons. The van der Waals surface area contributed by atoms with Gasteiger partial charge >= 0.3 is 5.97 Å². The third-order valence-electron chi connectivity index (χ3n) is 3.13. The molecule has 17 heavy (non-hydrogen) atoms. The van der Waals surface area contributed by atoms with Crippen LogP contribution in [-0.2, 0) is 0 Å². The monoisotopic (exact) mass is 239 g/mol. The highest BCUT2D eigenvalue weighted by Crippen LogP contribution is 2.16. The number of likely N-dealkylation sites (N-methyl/N-ethyl adjacent to an activating group) is 1. The highest BCUT2D eigenvalue weighted by atomic mass is 16.4. The van der Waals surface area contributed by atoms with Crippen LogP contribution in [0, 0.1) is 0 Å². The van der Waals surface area contributed by atoms with Crippen molar-refractivity contribution in [2.24, 2.45) is 0 Å². The number of piperidine rings is 1. The molecule has 0 amide bonds. The first-order chi connectivity index (χ1) is 8.16. The summed E-state index contributed by atoms with van der Waals surface area (Å²) in [6.45, 7) is 1.84. The topological polar surface area (TPSA) is 78.6 Å². The molecule has 0 spiro atoms. The third kappa shape index (κ3) is 2.97. The lowest BCUT2D eigenvalue weighted by Crippen LogP contribution is -2.40. The Bertz CT molecular complexity index is 391. The van der Waals surface area contributed by atoms with Crippen molar-refractivity contribution in [3.05, 3.63) is 12.0 Å². The van der Waals surface area contributed by atoms with Gasteiger partial charge in [0.1, 0.15) is 6.26 Å². The van der Waals surface area contributed by atoms with Crippen LogP contribution in [0.3, 0.4) is 0 Å². The van der Waals surface area contributed by atoms with E-state index in [1.165, 1.54) is 12.8 Å². The number of aromatic carboxylic acids is 1. The fraction of sp³-hybridized carbons (Fsp3) is 0.636. The van der Waals surface area contributed by atoms with Crippen LogP contribution >= 0.6 is 0 Å². The minimum absolute atomic E-state index is 0.0653. The summed E-state index contributed by atoms with van der Waals surface area (Å²) < 4.78 is 5.03. The SMILES string of the molecule is CN1CCCCC1CNc1nc(C(=O)O)co1. The molecule has 2 rings (SSSR count). The predicted octanol–water partition coefficient (Wildman–Crippen LogP) is 1.27. The van der Waals surface area contributed by atoms with E-state index in [-0.39, 0.29) is 11.7 Å². The van der Waals surface area contributed by atoms with Gasteiger partial charge < -0.3 is 19.7 Å². The average molecular weight is 239 g/mol. The molecule has 6 nitrogen and oxygen atoms in total. The molecule has 1 saturated heterocycles. The Balaban J connectivity index is 1.86. The molecule has 94 valence electrons. The van der Waals surface area contributed by atoms with Gasteiger partial charge in [-0.05, 0) is 26.4 Å². The van der Waals surface area contributed by atoms with E-state index in [0.29, 0.717) is 6.04 Å². The zero-order chi connectivity index (χ0) is 12.3. The van der Waals surface area contributed by atoms with Crippen LogP contribution in [0.15, 0.2) is 10.7 Å². The number of carboxylic acids is 1. The molecule has 1 aromatic rings. The van der Waals surface area contributed by atoms with E-state index >= 15 is 0 Å². The Hall–Kier alpha value is -1.56. The van der Waals surface area contributed by atoms with E-state index in [1.54, 1.807) is 0 Å². The quantitative estimate of drug-likeness (QED) is 0.823. The molecule has 1 atom stereocenters. The zero-order valence-corrected chi connectivity index (χ0v) is 9.85. The summed E-state index contributed by atoms with van der Waals surface area (Å²) in [4.78, 5) is 16.7. The zero-order valence-electron chi connectivity index (χ0n) is 9.85. The third-order valence-corrected chi connectivity index (χ3v) is 3.13. The summed E-state index contributed by atoms with van der Waals surface area (Å²) in [7, 11) is 2.10. The predicted molar refractivity (Wildman–Crippen MR) is 62.2 cm³/mol. The molecule has 1 fully saturated rings. The van der Waals surface area contributed by atoms with Gasteiger partial charge in [0.2, 0.25) is 0 Å². The van der Waals surface area contributed by atoms with E-state index in [0.717, 1.165) is 25.8 Å². The van der Waals surface area contributed by atoms with Crippen LogP contribution in [-0.4, -0.2) is 47.1 Å². The van der Waals surface area contributed by atoms with Crippen molar-refractivity contribution < 1.29 is 14.3 Å². The Morgan fingerprint density at radius 1 is 1.71 bits per heavy atom. The van der Waals surface area contributed by atoms with Crippen molar-refractivity contribution in [3.63, 3.8) is 0 Å². The molecule has 6 heteroatoms. The van der Waals surface area contributed by atoms with Gasteiger partial charge in [0.05, 0.1) is 0 Å². The van der Waals surface area contributed by atoms with Crippen molar-refractivity contribution in [2.75, 3.05) is 25.5 Å². The number of hydrogen-bond acceptors (Lipinski definition) is 5. The molecule has 0 bridgehead atoms. The second-order valence-corrected chi connectivity index (χ2v) is 4.35. The molecule has 2 heterocycles. The summed E-state index contributed by atoms with van der Waals surface area (Å²) in [5.74, 6) is -1.07. The summed E-state index contributed by atoms with van der Waals surface area (Å²) in [5, 5.41) is 11.7. The summed E-state index contributed by atoms with van der Waals surface area (Å²) in [6, 6.07) is 0.741. The van der Waals surface area contributed by atoms with Crippen LogP contribution in [0.25, 0.3) is 0 Å². The van der Waals surface area contributed by atoms with Gasteiger partial charge in [0, 0.05) is 12.6 Å². The Morgan fingerprint density at radius 2 is 2.53 bits per heavy atom. The lowest BCUT2D eigenvalue weighted by Gasteiger charge is -2.32. The van der Waals surface area contributed by atoms with Crippen LogP contribution in [0.4, 0.5) is 6.01 Å². The standard InChI is InChI=1S/C11H17N3O3/c1-14-5-3-2-4-8(14)6-12-11-13-9(7-17-11)10(15)16/h7-8H,2-6H2,1H3,(H,12,13)(H,15,16). The molecule has 0 aromatic carbocycles. The first-order valence-electron chi connectivity index (χ1n) is 5.80. The van der Waals surface area contributed by atoms with Crippen LogP contribution in [0.5, 0.6) is 0 Å². The first-order valence-corrected chi connectivity index (χ1v) is 5.80. The lowest BCUT2D eigenvalue weighted by atomic mass is 10.0. The summed E-state index contributed by atoms with van der Waals surface area (Å²) in [5.41, 5.74) is -0.0653. The lowest BCUT2D eigenvalue weighted by molar-refractivity contribution is 0.0690. The molecular weight excluding hydrogens is 222 g/mol. The number of carbonyl (C=O) groups is 1. The molecule has 1 unspecified atom stereocenters. The highest BCUT2D eigenvalue weighted by Gasteiger charge is 2.19. The van der Waals surface area contributed by atoms with Crippen LogP contribution < -0.4 is 5.32 Å². The highest BCUT2D eigenvalue weighted by molar-refractivity contribution is 5.85. The fourth-order valence-corrected chi connectivity index (χ4v) is 2.06. The van der Waals surface area contributed by atoms with Gasteiger partial charge in [-0.25, -0.2) is 4.79 Å². The molecule has 0 saturated carbocycles. The van der Waals surface area contributed by atoms with Gasteiger partial charge in [-0.2, -0.15) is 4.98 Å². The number of rotatable bonds is 4. The molecule has 1 aromatic heterocycles. The number of nitrogens with one attached hydrogen (secondary N) is 1. The van der Waals surface area contributed by atoms with Crippen LogP contribution in [0.1, 0.15) is 29.8 Å². The van der Waals surface area contributed by atoms with E-state index in [2.05, 4.69) is 22.2 Å². The van der Waals surface area contributed by atoms with Gasteiger partial charge in [-0.1, -0.05) is 6.42 Å². The van der Waals surface area contributed by atoms with Crippen molar-refractivity contribution in [1.29, 1.82) is 0 Å². The van der Waals surface area contributed by atoms with E-state index < -0.39 is 5.97 Å². The summed E-state index contributed by atoms with van der Waals surface area (Å²) in [6.07, 6.45) is 4.78. The van der Waals surface area contributed by atoms with Gasteiger partial charge in [-0.3, -0.25) is 0 Å². The minimum atomic E-state index is -1.07. The first kappa shape index (κ1) is 11.9. The average Bonchev–Trinajstić information content (AvgIpc) is 2.77. The number of carboxylic acid groups (broad SMARTS) is 1. The van der Waals surface area contributed by atoms with Gasteiger partial charge in [0.15, 0.2) is 5.69 Å².